The number of carbonyl (C=O) groups excluding carboxylic acids is 1. The molecule has 0 radical (unpaired) electrons. The highest BCUT2D eigenvalue weighted by Crippen LogP contribution is 2.24. The molecule has 0 aromatic heterocycles. The average molecular weight is 288 g/mol. The second-order valence-corrected chi connectivity index (χ2v) is 5.41. The summed E-state index contributed by atoms with van der Waals surface area (Å²) >= 11 is 0. The van der Waals surface area contributed by atoms with Crippen molar-refractivity contribution in [3.63, 3.8) is 0 Å². The van der Waals surface area contributed by atoms with Gasteiger partial charge in [0.25, 0.3) is 0 Å². The Hall–Kier alpha value is -2.14. The van der Waals surface area contributed by atoms with Crippen molar-refractivity contribution in [1.82, 2.24) is 0 Å². The number of carbonyl (C=O) groups is 2. The second kappa shape index (κ2) is 7.04. The summed E-state index contributed by atoms with van der Waals surface area (Å²) in [7, 11) is 0. The molecule has 0 spiro atoms. The predicted octanol–water partition coefficient (Wildman–Crippen LogP) is 2.24. The highest BCUT2D eigenvalue weighted by molar-refractivity contribution is 5.93. The van der Waals surface area contributed by atoms with Crippen LogP contribution < -0.4 is 11.1 Å². The van der Waals surface area contributed by atoms with E-state index in [1.165, 1.54) is 6.08 Å². The minimum absolute atomic E-state index is 0.00971. The zero-order valence-electron chi connectivity index (χ0n) is 11.8. The van der Waals surface area contributed by atoms with Crippen molar-refractivity contribution < 1.29 is 14.7 Å². The van der Waals surface area contributed by atoms with Crippen molar-refractivity contribution in [2.45, 2.75) is 31.7 Å². The Labute approximate surface area is 123 Å². The molecule has 21 heavy (non-hydrogen) atoms. The van der Waals surface area contributed by atoms with Crippen LogP contribution in [0.25, 0.3) is 6.08 Å². The summed E-state index contributed by atoms with van der Waals surface area (Å²) in [5.74, 6) is -1.04. The van der Waals surface area contributed by atoms with E-state index in [0.29, 0.717) is 5.69 Å². The van der Waals surface area contributed by atoms with Gasteiger partial charge in [-0.3, -0.25) is 4.79 Å². The molecular formula is C16H20N2O3. The molecule has 0 aliphatic heterocycles. The fourth-order valence-electron chi connectivity index (χ4n) is 2.60. The van der Waals surface area contributed by atoms with Gasteiger partial charge in [-0.2, -0.15) is 0 Å². The molecule has 5 nitrogen and oxygen atoms in total. The van der Waals surface area contributed by atoms with E-state index in [2.05, 4.69) is 5.32 Å². The third-order valence-electron chi connectivity index (χ3n) is 3.66. The van der Waals surface area contributed by atoms with Crippen LogP contribution in [-0.4, -0.2) is 23.0 Å². The van der Waals surface area contributed by atoms with Gasteiger partial charge in [-0.05, 0) is 43.0 Å². The Morgan fingerprint density at radius 3 is 2.86 bits per heavy atom. The van der Waals surface area contributed by atoms with Crippen LogP contribution in [0.4, 0.5) is 5.69 Å². The van der Waals surface area contributed by atoms with Gasteiger partial charge in [0, 0.05) is 23.7 Å². The van der Waals surface area contributed by atoms with Crippen molar-refractivity contribution in [2.75, 3.05) is 5.32 Å². The van der Waals surface area contributed by atoms with E-state index in [1.54, 1.807) is 24.3 Å². The van der Waals surface area contributed by atoms with Gasteiger partial charge in [0.05, 0.1) is 0 Å². The highest BCUT2D eigenvalue weighted by Gasteiger charge is 2.25. The van der Waals surface area contributed by atoms with E-state index in [4.69, 9.17) is 10.8 Å². The second-order valence-electron chi connectivity index (χ2n) is 5.41. The van der Waals surface area contributed by atoms with Crippen LogP contribution in [0.1, 0.15) is 31.2 Å². The molecule has 2 atom stereocenters. The summed E-state index contributed by atoms with van der Waals surface area (Å²) < 4.78 is 0. The standard InChI is InChI=1S/C16H20N2O3/c17-13-5-2-4-12(10-13)16(21)18-14-6-1-3-11(9-14)7-8-15(19)20/h1,3,6-9,12-13H,2,4-5,10,17H2,(H,18,21)(H,19,20)/b8-7+. The molecule has 0 heterocycles. The van der Waals surface area contributed by atoms with Gasteiger partial charge in [0.2, 0.25) is 5.91 Å². The molecule has 0 saturated heterocycles. The average Bonchev–Trinajstić information content (AvgIpc) is 2.45. The van der Waals surface area contributed by atoms with Crippen LogP contribution in [0.15, 0.2) is 30.3 Å². The summed E-state index contributed by atoms with van der Waals surface area (Å²) in [6.07, 6.45) is 6.14. The molecule has 1 saturated carbocycles. The van der Waals surface area contributed by atoms with Gasteiger partial charge < -0.3 is 16.2 Å². The lowest BCUT2D eigenvalue weighted by Gasteiger charge is -2.25. The van der Waals surface area contributed by atoms with Crippen molar-refractivity contribution in [3.8, 4) is 0 Å². The van der Waals surface area contributed by atoms with Gasteiger partial charge >= 0.3 is 5.97 Å². The molecule has 4 N–H and O–H groups in total. The van der Waals surface area contributed by atoms with Crippen LogP contribution in [0, 0.1) is 5.92 Å². The van der Waals surface area contributed by atoms with Gasteiger partial charge in [-0.25, -0.2) is 4.79 Å². The van der Waals surface area contributed by atoms with E-state index in [1.807, 2.05) is 0 Å². The minimum atomic E-state index is -0.999. The van der Waals surface area contributed by atoms with E-state index in [0.717, 1.165) is 37.3 Å². The molecule has 2 rings (SSSR count). The quantitative estimate of drug-likeness (QED) is 0.741. The van der Waals surface area contributed by atoms with Gasteiger partial charge in [-0.1, -0.05) is 18.6 Å². The first-order chi connectivity index (χ1) is 10.0. The zero-order valence-corrected chi connectivity index (χ0v) is 11.8. The van der Waals surface area contributed by atoms with Crippen LogP contribution in [0.2, 0.25) is 0 Å². The van der Waals surface area contributed by atoms with Gasteiger partial charge in [-0.15, -0.1) is 0 Å². The number of aliphatic carboxylic acids is 1. The number of benzene rings is 1. The number of rotatable bonds is 4. The van der Waals surface area contributed by atoms with E-state index in [-0.39, 0.29) is 17.9 Å². The first-order valence-corrected chi connectivity index (χ1v) is 7.12. The molecule has 1 fully saturated rings. The number of carboxylic acids is 1. The maximum absolute atomic E-state index is 12.2. The highest BCUT2D eigenvalue weighted by atomic mass is 16.4. The van der Waals surface area contributed by atoms with Crippen molar-refractivity contribution in [2.24, 2.45) is 11.7 Å². The number of hydrogen-bond acceptors (Lipinski definition) is 3. The Bertz CT molecular complexity index is 554. The Kier molecular flexibility index (Phi) is 5.11. The third kappa shape index (κ3) is 4.72. The summed E-state index contributed by atoms with van der Waals surface area (Å²) in [6.45, 7) is 0. The Morgan fingerprint density at radius 2 is 2.14 bits per heavy atom. The maximum Gasteiger partial charge on any atom is 0.328 e. The summed E-state index contributed by atoms with van der Waals surface area (Å²) in [6, 6.07) is 7.22. The third-order valence-corrected chi connectivity index (χ3v) is 3.66. The number of nitrogens with two attached hydrogens (primary N) is 1. The molecular weight excluding hydrogens is 268 g/mol. The molecule has 0 bridgehead atoms. The molecule has 1 aromatic rings. The van der Waals surface area contributed by atoms with Gasteiger partial charge in [0.1, 0.15) is 0 Å². The number of anilines is 1. The monoisotopic (exact) mass is 288 g/mol. The van der Waals surface area contributed by atoms with E-state index < -0.39 is 5.97 Å². The zero-order chi connectivity index (χ0) is 15.2. The lowest BCUT2D eigenvalue weighted by molar-refractivity contribution is -0.131. The number of nitrogens with one attached hydrogen (secondary N) is 1. The fourth-order valence-corrected chi connectivity index (χ4v) is 2.60. The number of carboxylic acid groups (broad SMARTS) is 1. The molecule has 1 amide bonds. The van der Waals surface area contributed by atoms with Crippen molar-refractivity contribution in [3.05, 3.63) is 35.9 Å². The Balaban J connectivity index is 2.00. The smallest absolute Gasteiger partial charge is 0.328 e. The molecule has 1 aliphatic carbocycles. The molecule has 1 aliphatic rings. The van der Waals surface area contributed by atoms with Crippen LogP contribution in [0.3, 0.4) is 0 Å². The lowest BCUT2D eigenvalue weighted by Crippen LogP contribution is -2.34. The fraction of sp³-hybridized carbons (Fsp3) is 0.375. The largest absolute Gasteiger partial charge is 0.478 e. The van der Waals surface area contributed by atoms with Crippen molar-refractivity contribution >= 4 is 23.6 Å². The molecule has 1 aromatic carbocycles. The van der Waals surface area contributed by atoms with E-state index in [9.17, 15) is 9.59 Å². The summed E-state index contributed by atoms with van der Waals surface area (Å²) in [4.78, 5) is 22.7. The first-order valence-electron chi connectivity index (χ1n) is 7.12. The van der Waals surface area contributed by atoms with Crippen LogP contribution in [-0.2, 0) is 9.59 Å². The molecule has 112 valence electrons. The Morgan fingerprint density at radius 1 is 1.33 bits per heavy atom. The lowest BCUT2D eigenvalue weighted by atomic mass is 9.85. The van der Waals surface area contributed by atoms with Gasteiger partial charge in [0.15, 0.2) is 0 Å². The normalized spacial score (nSPS) is 22.1. The van der Waals surface area contributed by atoms with E-state index >= 15 is 0 Å². The van der Waals surface area contributed by atoms with Crippen LogP contribution >= 0.6 is 0 Å². The minimum Gasteiger partial charge on any atom is -0.478 e. The maximum atomic E-state index is 12.2. The predicted molar refractivity (Wildman–Crippen MR) is 81.7 cm³/mol. The van der Waals surface area contributed by atoms with Crippen molar-refractivity contribution in [1.29, 1.82) is 0 Å². The summed E-state index contributed by atoms with van der Waals surface area (Å²) in [5, 5.41) is 11.5. The molecule has 2 unspecified atom stereocenters. The topological polar surface area (TPSA) is 92.4 Å². The SMILES string of the molecule is NC1CCCC(C(=O)Nc2cccc(/C=C/C(=O)O)c2)C1. The first kappa shape index (κ1) is 15.3. The number of hydrogen-bond donors (Lipinski definition) is 3. The summed E-state index contributed by atoms with van der Waals surface area (Å²) in [5.41, 5.74) is 7.31. The van der Waals surface area contributed by atoms with Crippen LogP contribution in [0.5, 0.6) is 0 Å². The number of amides is 1. The molecule has 5 heteroatoms.